The number of nitrogens with zero attached hydrogens (tertiary/aromatic N) is 2. The van der Waals surface area contributed by atoms with Crippen molar-refractivity contribution in [3.8, 4) is 11.3 Å². The first-order valence-corrected chi connectivity index (χ1v) is 12.2. The standard InChI is InChI=1S/C25H24ClN3O4S/c1-2-33-24(32)21-20(16-6-4-3-5-7-16)27-25(34-21)28-22(30)17-12-14-29(15-13-17)23(31)18-8-10-19(26)11-9-18/h3-11,17H,2,12-15H2,1H3,(H,27,28,30). The van der Waals surface area contributed by atoms with E-state index in [1.165, 1.54) is 0 Å². The number of hydrogen-bond donors (Lipinski definition) is 1. The maximum absolute atomic E-state index is 12.9. The molecule has 0 aliphatic carbocycles. The fraction of sp³-hybridized carbons (Fsp3) is 0.280. The summed E-state index contributed by atoms with van der Waals surface area (Å²) in [5.74, 6) is -0.942. The van der Waals surface area contributed by atoms with E-state index >= 15 is 0 Å². The van der Waals surface area contributed by atoms with Gasteiger partial charge in [0.2, 0.25) is 5.91 Å². The Kier molecular flexibility index (Phi) is 7.59. The van der Waals surface area contributed by atoms with E-state index in [2.05, 4.69) is 10.3 Å². The molecule has 2 amide bonds. The predicted octanol–water partition coefficient (Wildman–Crippen LogP) is 5.13. The number of rotatable bonds is 6. The van der Waals surface area contributed by atoms with Crippen LogP contribution in [0.5, 0.6) is 0 Å². The highest BCUT2D eigenvalue weighted by Crippen LogP contribution is 2.32. The number of esters is 1. The lowest BCUT2D eigenvalue weighted by Crippen LogP contribution is -2.41. The molecule has 34 heavy (non-hydrogen) atoms. The van der Waals surface area contributed by atoms with E-state index in [1.807, 2.05) is 30.3 Å². The van der Waals surface area contributed by atoms with Crippen LogP contribution >= 0.6 is 22.9 Å². The number of hydrogen-bond acceptors (Lipinski definition) is 6. The number of nitrogens with one attached hydrogen (secondary N) is 1. The van der Waals surface area contributed by atoms with Gasteiger partial charge in [0, 0.05) is 35.2 Å². The molecular formula is C25H24ClN3O4S. The second-order valence-electron chi connectivity index (χ2n) is 7.85. The number of anilines is 1. The molecule has 0 radical (unpaired) electrons. The Morgan fingerprint density at radius 1 is 1.09 bits per heavy atom. The number of thiazole rings is 1. The van der Waals surface area contributed by atoms with Crippen molar-refractivity contribution < 1.29 is 19.1 Å². The average Bonchev–Trinajstić information content (AvgIpc) is 3.29. The number of halogens is 1. The quantitative estimate of drug-likeness (QED) is 0.477. The summed E-state index contributed by atoms with van der Waals surface area (Å²) in [6.45, 7) is 2.97. The predicted molar refractivity (Wildman–Crippen MR) is 132 cm³/mol. The average molecular weight is 498 g/mol. The van der Waals surface area contributed by atoms with Crippen molar-refractivity contribution in [3.63, 3.8) is 0 Å². The molecule has 1 saturated heterocycles. The molecule has 1 aromatic heterocycles. The van der Waals surface area contributed by atoms with Gasteiger partial charge in [-0.05, 0) is 44.0 Å². The maximum atomic E-state index is 12.9. The number of piperidine rings is 1. The Balaban J connectivity index is 1.41. The van der Waals surface area contributed by atoms with Crippen LogP contribution in [-0.4, -0.2) is 47.4 Å². The Morgan fingerprint density at radius 3 is 2.41 bits per heavy atom. The molecule has 2 aromatic carbocycles. The van der Waals surface area contributed by atoms with E-state index in [4.69, 9.17) is 16.3 Å². The third-order valence-corrected chi connectivity index (χ3v) is 6.81. The van der Waals surface area contributed by atoms with Gasteiger partial charge in [-0.1, -0.05) is 53.3 Å². The van der Waals surface area contributed by atoms with Crippen molar-refractivity contribution >= 4 is 45.9 Å². The molecule has 4 rings (SSSR count). The molecule has 9 heteroatoms. The zero-order valence-electron chi connectivity index (χ0n) is 18.6. The highest BCUT2D eigenvalue weighted by atomic mass is 35.5. The summed E-state index contributed by atoms with van der Waals surface area (Å²) < 4.78 is 5.18. The molecule has 1 aliphatic rings. The molecule has 7 nitrogen and oxygen atoms in total. The Bertz CT molecular complexity index is 1170. The lowest BCUT2D eigenvalue weighted by molar-refractivity contribution is -0.121. The number of carbonyl (C=O) groups is 3. The Labute approximate surface area is 206 Å². The van der Waals surface area contributed by atoms with Gasteiger partial charge in [-0.3, -0.25) is 9.59 Å². The summed E-state index contributed by atoms with van der Waals surface area (Å²) in [6, 6.07) is 16.1. The lowest BCUT2D eigenvalue weighted by Gasteiger charge is -2.31. The molecule has 0 unspecified atom stereocenters. The zero-order valence-corrected chi connectivity index (χ0v) is 20.2. The van der Waals surface area contributed by atoms with Gasteiger partial charge in [0.15, 0.2) is 5.13 Å². The van der Waals surface area contributed by atoms with Gasteiger partial charge in [0.1, 0.15) is 4.88 Å². The van der Waals surface area contributed by atoms with Crippen molar-refractivity contribution in [1.82, 2.24) is 9.88 Å². The molecule has 1 aliphatic heterocycles. The molecule has 0 atom stereocenters. The number of aromatic nitrogens is 1. The molecule has 3 aromatic rings. The minimum atomic E-state index is -0.464. The first kappa shape index (κ1) is 23.9. The largest absolute Gasteiger partial charge is 0.462 e. The smallest absolute Gasteiger partial charge is 0.350 e. The van der Waals surface area contributed by atoms with Crippen LogP contribution < -0.4 is 5.32 Å². The van der Waals surface area contributed by atoms with Crippen LogP contribution in [0.25, 0.3) is 11.3 Å². The van der Waals surface area contributed by atoms with Crippen LogP contribution in [0.4, 0.5) is 5.13 Å². The van der Waals surface area contributed by atoms with E-state index in [0.29, 0.717) is 52.2 Å². The topological polar surface area (TPSA) is 88.6 Å². The number of ether oxygens (including phenoxy) is 1. The summed E-state index contributed by atoms with van der Waals surface area (Å²) in [5, 5.41) is 3.80. The lowest BCUT2D eigenvalue weighted by atomic mass is 9.95. The summed E-state index contributed by atoms with van der Waals surface area (Å²) >= 11 is 7.01. The molecule has 1 fully saturated rings. The van der Waals surface area contributed by atoms with Crippen LogP contribution in [-0.2, 0) is 9.53 Å². The molecule has 176 valence electrons. The SMILES string of the molecule is CCOC(=O)c1sc(NC(=O)C2CCN(C(=O)c3ccc(Cl)cc3)CC2)nc1-c1ccccc1. The minimum absolute atomic E-state index is 0.0676. The second-order valence-corrected chi connectivity index (χ2v) is 9.28. The maximum Gasteiger partial charge on any atom is 0.350 e. The van der Waals surface area contributed by atoms with Crippen LogP contribution in [0, 0.1) is 5.92 Å². The van der Waals surface area contributed by atoms with Gasteiger partial charge < -0.3 is 15.0 Å². The monoisotopic (exact) mass is 497 g/mol. The van der Waals surface area contributed by atoms with E-state index in [1.54, 1.807) is 36.1 Å². The van der Waals surface area contributed by atoms with Gasteiger partial charge in [0.05, 0.1) is 12.3 Å². The molecule has 0 bridgehead atoms. The van der Waals surface area contributed by atoms with Crippen molar-refractivity contribution in [2.75, 3.05) is 25.0 Å². The van der Waals surface area contributed by atoms with Gasteiger partial charge in [-0.25, -0.2) is 9.78 Å². The van der Waals surface area contributed by atoms with E-state index in [0.717, 1.165) is 16.9 Å². The fourth-order valence-corrected chi connectivity index (χ4v) is 4.84. The Hall–Kier alpha value is -3.23. The number of carbonyl (C=O) groups excluding carboxylic acids is 3. The first-order valence-electron chi connectivity index (χ1n) is 11.1. The summed E-state index contributed by atoms with van der Waals surface area (Å²) in [7, 11) is 0. The first-order chi connectivity index (χ1) is 16.5. The second kappa shape index (κ2) is 10.8. The van der Waals surface area contributed by atoms with Gasteiger partial charge in [-0.2, -0.15) is 0 Å². The summed E-state index contributed by atoms with van der Waals surface area (Å²) in [6.07, 6.45) is 1.10. The molecule has 0 spiro atoms. The van der Waals surface area contributed by atoms with E-state index in [-0.39, 0.29) is 24.3 Å². The van der Waals surface area contributed by atoms with Crippen LogP contribution in [0.2, 0.25) is 5.02 Å². The summed E-state index contributed by atoms with van der Waals surface area (Å²) in [5.41, 5.74) is 1.84. The zero-order chi connectivity index (χ0) is 24.1. The highest BCUT2D eigenvalue weighted by molar-refractivity contribution is 7.18. The van der Waals surface area contributed by atoms with Gasteiger partial charge in [0.25, 0.3) is 5.91 Å². The summed E-state index contributed by atoms with van der Waals surface area (Å²) in [4.78, 5) is 44.7. The molecule has 2 heterocycles. The van der Waals surface area contributed by atoms with Crippen molar-refractivity contribution in [3.05, 3.63) is 70.1 Å². The number of benzene rings is 2. The number of amides is 2. The highest BCUT2D eigenvalue weighted by Gasteiger charge is 2.29. The van der Waals surface area contributed by atoms with Crippen molar-refractivity contribution in [2.24, 2.45) is 5.92 Å². The van der Waals surface area contributed by atoms with Gasteiger partial charge in [-0.15, -0.1) is 0 Å². The molecule has 0 saturated carbocycles. The minimum Gasteiger partial charge on any atom is -0.462 e. The van der Waals surface area contributed by atoms with Crippen LogP contribution in [0.3, 0.4) is 0 Å². The van der Waals surface area contributed by atoms with Crippen LogP contribution in [0.15, 0.2) is 54.6 Å². The van der Waals surface area contributed by atoms with Crippen molar-refractivity contribution in [2.45, 2.75) is 19.8 Å². The third-order valence-electron chi connectivity index (χ3n) is 5.61. The third kappa shape index (κ3) is 5.46. The normalized spacial score (nSPS) is 14.0. The van der Waals surface area contributed by atoms with E-state index < -0.39 is 5.97 Å². The van der Waals surface area contributed by atoms with Crippen molar-refractivity contribution in [1.29, 1.82) is 0 Å². The molecular weight excluding hydrogens is 474 g/mol. The fourth-order valence-electron chi connectivity index (χ4n) is 3.83. The van der Waals surface area contributed by atoms with E-state index in [9.17, 15) is 14.4 Å². The van der Waals surface area contributed by atoms with Crippen LogP contribution in [0.1, 0.15) is 39.8 Å². The Morgan fingerprint density at radius 2 is 1.76 bits per heavy atom. The van der Waals surface area contributed by atoms with Gasteiger partial charge >= 0.3 is 5.97 Å². The number of likely N-dealkylation sites (tertiary alicyclic amines) is 1. The molecule has 1 N–H and O–H groups in total.